The Morgan fingerprint density at radius 1 is 1.03 bits per heavy atom. The predicted molar refractivity (Wildman–Crippen MR) is 121 cm³/mol. The molecule has 3 amide bonds. The first-order valence-electron chi connectivity index (χ1n) is 10.8. The summed E-state index contributed by atoms with van der Waals surface area (Å²) in [6, 6.07) is 11.0. The highest BCUT2D eigenvalue weighted by atomic mass is 16.5. The Morgan fingerprint density at radius 3 is 2.39 bits per heavy atom. The maximum Gasteiger partial charge on any atom is 0.251 e. The van der Waals surface area contributed by atoms with E-state index in [4.69, 9.17) is 9.47 Å². The number of para-hydroxylation sites is 2. The maximum absolute atomic E-state index is 13.1. The van der Waals surface area contributed by atoms with Crippen LogP contribution in [0.5, 0.6) is 17.2 Å². The predicted octanol–water partition coefficient (Wildman–Crippen LogP) is 2.39. The Balaban J connectivity index is 1.39. The van der Waals surface area contributed by atoms with Crippen LogP contribution in [0.15, 0.2) is 42.5 Å². The van der Waals surface area contributed by atoms with Crippen LogP contribution in [-0.4, -0.2) is 61.1 Å². The summed E-state index contributed by atoms with van der Waals surface area (Å²) in [5.41, 5.74) is 0.828. The van der Waals surface area contributed by atoms with Crippen LogP contribution in [0.25, 0.3) is 0 Å². The molecule has 0 spiro atoms. The van der Waals surface area contributed by atoms with Crippen molar-refractivity contribution < 1.29 is 29.0 Å². The minimum absolute atomic E-state index is 0.0219. The lowest BCUT2D eigenvalue weighted by atomic mass is 9.94. The van der Waals surface area contributed by atoms with Crippen molar-refractivity contribution in [2.75, 3.05) is 37.5 Å². The fourth-order valence-corrected chi connectivity index (χ4v) is 4.42. The number of piperidine rings is 1. The fourth-order valence-electron chi connectivity index (χ4n) is 4.42. The topological polar surface area (TPSA) is 108 Å². The van der Waals surface area contributed by atoms with Crippen molar-refractivity contribution in [3.05, 3.63) is 42.5 Å². The first-order chi connectivity index (χ1) is 15.9. The van der Waals surface area contributed by atoms with Gasteiger partial charge in [-0.3, -0.25) is 19.3 Å². The third-order valence-corrected chi connectivity index (χ3v) is 6.25. The van der Waals surface area contributed by atoms with Crippen LogP contribution in [0.3, 0.4) is 0 Å². The van der Waals surface area contributed by atoms with Gasteiger partial charge in [0.1, 0.15) is 5.75 Å². The molecule has 2 fully saturated rings. The van der Waals surface area contributed by atoms with E-state index in [2.05, 4.69) is 5.32 Å². The van der Waals surface area contributed by atoms with E-state index in [0.29, 0.717) is 48.8 Å². The number of nitrogens with one attached hydrogen (secondary N) is 1. The average molecular weight is 453 g/mol. The van der Waals surface area contributed by atoms with E-state index in [-0.39, 0.29) is 35.8 Å². The molecule has 0 bridgehead atoms. The van der Waals surface area contributed by atoms with Crippen molar-refractivity contribution in [3.8, 4) is 17.2 Å². The Labute approximate surface area is 191 Å². The Morgan fingerprint density at radius 2 is 1.73 bits per heavy atom. The number of phenolic OH excluding ortho intramolecular Hbond substituents is 1. The summed E-state index contributed by atoms with van der Waals surface area (Å²) in [6.07, 6.45) is 1.23. The highest BCUT2D eigenvalue weighted by molar-refractivity contribution is 6.22. The van der Waals surface area contributed by atoms with Crippen LogP contribution in [0.2, 0.25) is 0 Å². The SMILES string of the molecule is COc1ccc(N2C(=O)C[C@@H](N3CCC(C(=O)Nc4ccccc4O)CC3)C2=O)cc1OC. The lowest BCUT2D eigenvalue weighted by Gasteiger charge is -2.34. The van der Waals surface area contributed by atoms with Crippen molar-refractivity contribution in [3.63, 3.8) is 0 Å². The number of nitrogens with zero attached hydrogens (tertiary/aromatic N) is 2. The van der Waals surface area contributed by atoms with Gasteiger partial charge in [0.05, 0.1) is 38.1 Å². The molecule has 33 heavy (non-hydrogen) atoms. The van der Waals surface area contributed by atoms with E-state index >= 15 is 0 Å². The number of aromatic hydroxyl groups is 1. The van der Waals surface area contributed by atoms with Gasteiger partial charge in [0, 0.05) is 12.0 Å². The van der Waals surface area contributed by atoms with Gasteiger partial charge in [-0.1, -0.05) is 12.1 Å². The quantitative estimate of drug-likeness (QED) is 0.511. The van der Waals surface area contributed by atoms with Crippen LogP contribution >= 0.6 is 0 Å². The number of rotatable bonds is 6. The van der Waals surface area contributed by atoms with Crippen molar-refractivity contribution >= 4 is 29.1 Å². The van der Waals surface area contributed by atoms with Gasteiger partial charge in [-0.2, -0.15) is 0 Å². The number of ether oxygens (including phenoxy) is 2. The number of phenols is 1. The molecule has 2 heterocycles. The minimum Gasteiger partial charge on any atom is -0.506 e. The van der Waals surface area contributed by atoms with Crippen LogP contribution in [-0.2, 0) is 14.4 Å². The van der Waals surface area contributed by atoms with E-state index in [0.717, 1.165) is 0 Å². The molecule has 2 saturated heterocycles. The van der Waals surface area contributed by atoms with E-state index in [1.54, 1.807) is 36.4 Å². The van der Waals surface area contributed by atoms with E-state index in [1.165, 1.54) is 25.2 Å². The zero-order valence-electron chi connectivity index (χ0n) is 18.6. The zero-order valence-corrected chi connectivity index (χ0v) is 18.6. The molecular formula is C24H27N3O6. The molecule has 4 rings (SSSR count). The van der Waals surface area contributed by atoms with Crippen molar-refractivity contribution in [1.29, 1.82) is 0 Å². The Kier molecular flexibility index (Phi) is 6.50. The van der Waals surface area contributed by atoms with E-state index < -0.39 is 6.04 Å². The number of benzene rings is 2. The maximum atomic E-state index is 13.1. The minimum atomic E-state index is -0.548. The smallest absolute Gasteiger partial charge is 0.251 e. The van der Waals surface area contributed by atoms with E-state index in [1.807, 2.05) is 4.90 Å². The van der Waals surface area contributed by atoms with Crippen LogP contribution in [0.1, 0.15) is 19.3 Å². The number of carbonyl (C=O) groups is 3. The normalized spacial score (nSPS) is 19.6. The number of methoxy groups -OCH3 is 2. The second-order valence-electron chi connectivity index (χ2n) is 8.14. The molecule has 2 aliphatic heterocycles. The summed E-state index contributed by atoms with van der Waals surface area (Å²) < 4.78 is 10.5. The summed E-state index contributed by atoms with van der Waals surface area (Å²) in [4.78, 5) is 41.7. The molecule has 2 aromatic rings. The molecular weight excluding hydrogens is 426 g/mol. The Bertz CT molecular complexity index is 1060. The summed E-state index contributed by atoms with van der Waals surface area (Å²) >= 11 is 0. The molecule has 0 unspecified atom stereocenters. The van der Waals surface area contributed by atoms with Crippen LogP contribution in [0, 0.1) is 5.92 Å². The number of anilines is 2. The third-order valence-electron chi connectivity index (χ3n) is 6.25. The third kappa shape index (κ3) is 4.49. The van der Waals surface area contributed by atoms with Crippen LogP contribution in [0.4, 0.5) is 11.4 Å². The molecule has 0 saturated carbocycles. The molecule has 0 aliphatic carbocycles. The molecule has 9 nitrogen and oxygen atoms in total. The number of hydrogen-bond donors (Lipinski definition) is 2. The average Bonchev–Trinajstić information content (AvgIpc) is 3.13. The monoisotopic (exact) mass is 453 g/mol. The lowest BCUT2D eigenvalue weighted by molar-refractivity contribution is -0.123. The summed E-state index contributed by atoms with van der Waals surface area (Å²) in [6.45, 7) is 1.06. The second kappa shape index (κ2) is 9.50. The fraction of sp³-hybridized carbons (Fsp3) is 0.375. The van der Waals surface area contributed by atoms with Gasteiger partial charge in [-0.25, -0.2) is 4.90 Å². The Hall–Kier alpha value is -3.59. The number of likely N-dealkylation sites (tertiary alicyclic amines) is 1. The van der Waals surface area contributed by atoms with Crippen molar-refractivity contribution in [2.45, 2.75) is 25.3 Å². The summed E-state index contributed by atoms with van der Waals surface area (Å²) in [5.74, 6) is 0.0536. The van der Waals surface area contributed by atoms with Crippen molar-refractivity contribution in [2.24, 2.45) is 5.92 Å². The molecule has 0 radical (unpaired) electrons. The summed E-state index contributed by atoms with van der Waals surface area (Å²) in [7, 11) is 3.02. The van der Waals surface area contributed by atoms with Crippen LogP contribution < -0.4 is 19.7 Å². The van der Waals surface area contributed by atoms with Gasteiger partial charge in [0.2, 0.25) is 11.8 Å². The van der Waals surface area contributed by atoms with Gasteiger partial charge >= 0.3 is 0 Å². The molecule has 2 aromatic carbocycles. The summed E-state index contributed by atoms with van der Waals surface area (Å²) in [5, 5.41) is 12.6. The lowest BCUT2D eigenvalue weighted by Crippen LogP contribution is -2.47. The second-order valence-corrected chi connectivity index (χ2v) is 8.14. The number of carbonyl (C=O) groups excluding carboxylic acids is 3. The highest BCUT2D eigenvalue weighted by Gasteiger charge is 2.44. The zero-order chi connectivity index (χ0) is 23.5. The molecule has 9 heteroatoms. The van der Waals surface area contributed by atoms with Gasteiger partial charge in [-0.15, -0.1) is 0 Å². The van der Waals surface area contributed by atoms with E-state index in [9.17, 15) is 19.5 Å². The molecule has 1 atom stereocenters. The first kappa shape index (κ1) is 22.6. The molecule has 2 aliphatic rings. The van der Waals surface area contributed by atoms with Gasteiger partial charge in [0.25, 0.3) is 5.91 Å². The molecule has 174 valence electrons. The largest absolute Gasteiger partial charge is 0.506 e. The molecule has 2 N–H and O–H groups in total. The van der Waals surface area contributed by atoms with Gasteiger partial charge < -0.3 is 19.9 Å². The first-order valence-corrected chi connectivity index (χ1v) is 10.8. The number of hydrogen-bond acceptors (Lipinski definition) is 7. The number of amides is 3. The number of imide groups is 1. The highest BCUT2D eigenvalue weighted by Crippen LogP contribution is 2.35. The standard InChI is InChI=1S/C24H27N3O6/c1-32-20-8-7-16(13-21(20)33-2)27-22(29)14-18(24(27)31)26-11-9-15(10-12-26)23(30)25-17-5-3-4-6-19(17)28/h3-8,13,15,18,28H,9-12,14H2,1-2H3,(H,25,30)/t18-/m1/s1. The van der Waals surface area contributed by atoms with Crippen molar-refractivity contribution in [1.82, 2.24) is 4.90 Å². The molecule has 0 aromatic heterocycles. The van der Waals surface area contributed by atoms with Gasteiger partial charge in [-0.05, 0) is 50.2 Å². The van der Waals surface area contributed by atoms with Gasteiger partial charge in [0.15, 0.2) is 11.5 Å².